The Morgan fingerprint density at radius 3 is 2.54 bits per heavy atom. The highest BCUT2D eigenvalue weighted by atomic mass is 16.2. The van der Waals surface area contributed by atoms with Crippen LogP contribution < -0.4 is 10.6 Å². The van der Waals surface area contributed by atoms with Crippen LogP contribution in [0.2, 0.25) is 0 Å². The number of nitrogens with zero attached hydrogens (tertiary/aromatic N) is 2. The summed E-state index contributed by atoms with van der Waals surface area (Å²) in [6.45, 7) is 3.73. The lowest BCUT2D eigenvalue weighted by molar-refractivity contribution is -0.141. The average Bonchev–Trinajstić information content (AvgIpc) is 3.15. The fourth-order valence-corrected chi connectivity index (χ4v) is 3.28. The van der Waals surface area contributed by atoms with Crippen LogP contribution in [0, 0.1) is 0 Å². The van der Waals surface area contributed by atoms with E-state index in [4.69, 9.17) is 0 Å². The maximum absolute atomic E-state index is 12.5. The Balaban J connectivity index is 1.86. The summed E-state index contributed by atoms with van der Waals surface area (Å²) in [4.78, 5) is 51.5. The number of hydrogen-bond donors (Lipinski definition) is 2. The van der Waals surface area contributed by atoms with Crippen LogP contribution in [-0.2, 0) is 25.7 Å². The van der Waals surface area contributed by atoms with Crippen LogP contribution in [0.4, 0.5) is 0 Å². The Morgan fingerprint density at radius 2 is 1.89 bits per heavy atom. The minimum Gasteiger partial charge on any atom is -0.345 e. The molecule has 0 aliphatic carbocycles. The third-order valence-electron chi connectivity index (χ3n) is 4.73. The summed E-state index contributed by atoms with van der Waals surface area (Å²) in [5.41, 5.74) is 1.00. The maximum Gasteiger partial charge on any atom is 0.245 e. The van der Waals surface area contributed by atoms with E-state index in [2.05, 4.69) is 10.6 Å². The van der Waals surface area contributed by atoms with Gasteiger partial charge in [-0.25, -0.2) is 0 Å². The second-order valence-corrected chi connectivity index (χ2v) is 7.07. The Morgan fingerprint density at radius 1 is 1.21 bits per heavy atom. The molecule has 1 aromatic carbocycles. The topological polar surface area (TPSA) is 98.8 Å². The second-order valence-electron chi connectivity index (χ2n) is 7.07. The first-order valence-electron chi connectivity index (χ1n) is 9.42. The number of nitrogens with one attached hydrogen (secondary N) is 2. The molecule has 0 bridgehead atoms. The largest absolute Gasteiger partial charge is 0.345 e. The first kappa shape index (κ1) is 21.4. The van der Waals surface area contributed by atoms with E-state index in [1.165, 1.54) is 11.8 Å². The molecule has 1 aromatic rings. The zero-order valence-electron chi connectivity index (χ0n) is 16.6. The van der Waals surface area contributed by atoms with Gasteiger partial charge in [-0.05, 0) is 25.3 Å². The lowest BCUT2D eigenvalue weighted by Gasteiger charge is -2.27. The van der Waals surface area contributed by atoms with Crippen molar-refractivity contribution in [2.24, 2.45) is 0 Å². The van der Waals surface area contributed by atoms with Gasteiger partial charge in [0, 0.05) is 27.1 Å². The molecule has 152 valence electrons. The fourth-order valence-electron chi connectivity index (χ4n) is 3.28. The zero-order valence-corrected chi connectivity index (χ0v) is 16.6. The number of rotatable bonds is 7. The third-order valence-corrected chi connectivity index (χ3v) is 4.73. The SMILES string of the molecule is CC(=O)N[C@@H](C)C(=O)N1CCCC1C(=O)NCC(=O)N(C)Cc1ccccc1. The highest BCUT2D eigenvalue weighted by molar-refractivity contribution is 5.93. The van der Waals surface area contributed by atoms with Crippen molar-refractivity contribution >= 4 is 23.6 Å². The van der Waals surface area contributed by atoms with Crippen LogP contribution in [0.5, 0.6) is 0 Å². The highest BCUT2D eigenvalue weighted by Gasteiger charge is 2.36. The predicted octanol–water partition coefficient (Wildman–Crippen LogP) is 0.277. The predicted molar refractivity (Wildman–Crippen MR) is 104 cm³/mol. The quantitative estimate of drug-likeness (QED) is 0.701. The van der Waals surface area contributed by atoms with Gasteiger partial charge in [-0.3, -0.25) is 19.2 Å². The van der Waals surface area contributed by atoms with Gasteiger partial charge in [-0.15, -0.1) is 0 Å². The number of benzene rings is 1. The van der Waals surface area contributed by atoms with E-state index in [9.17, 15) is 19.2 Å². The van der Waals surface area contributed by atoms with E-state index < -0.39 is 12.1 Å². The van der Waals surface area contributed by atoms with Gasteiger partial charge in [0.05, 0.1) is 6.54 Å². The summed E-state index contributed by atoms with van der Waals surface area (Å²) in [5.74, 6) is -1.14. The number of carbonyl (C=O) groups is 4. The van der Waals surface area contributed by atoms with Gasteiger partial charge in [0.2, 0.25) is 23.6 Å². The van der Waals surface area contributed by atoms with Crippen LogP contribution in [0.25, 0.3) is 0 Å². The van der Waals surface area contributed by atoms with Gasteiger partial charge in [0.1, 0.15) is 12.1 Å². The van der Waals surface area contributed by atoms with Crippen molar-refractivity contribution in [1.29, 1.82) is 0 Å². The molecule has 2 rings (SSSR count). The smallest absolute Gasteiger partial charge is 0.245 e. The molecule has 0 saturated carbocycles. The molecular formula is C20H28N4O4. The van der Waals surface area contributed by atoms with Gasteiger partial charge in [0.25, 0.3) is 0 Å². The number of hydrogen-bond acceptors (Lipinski definition) is 4. The lowest BCUT2D eigenvalue weighted by atomic mass is 10.2. The molecule has 8 nitrogen and oxygen atoms in total. The van der Waals surface area contributed by atoms with Crippen LogP contribution >= 0.6 is 0 Å². The van der Waals surface area contributed by atoms with E-state index in [0.717, 1.165) is 5.56 Å². The van der Waals surface area contributed by atoms with E-state index >= 15 is 0 Å². The maximum atomic E-state index is 12.5. The number of likely N-dealkylation sites (tertiary alicyclic amines) is 1. The number of carbonyl (C=O) groups excluding carboxylic acids is 4. The van der Waals surface area contributed by atoms with Crippen molar-refractivity contribution in [2.75, 3.05) is 20.1 Å². The summed E-state index contributed by atoms with van der Waals surface area (Å²) in [6.07, 6.45) is 1.25. The minimum atomic E-state index is -0.690. The minimum absolute atomic E-state index is 0.123. The van der Waals surface area contributed by atoms with Crippen LogP contribution in [-0.4, -0.2) is 65.6 Å². The van der Waals surface area contributed by atoms with E-state index in [1.807, 2.05) is 30.3 Å². The van der Waals surface area contributed by atoms with Crippen LogP contribution in [0.15, 0.2) is 30.3 Å². The molecule has 0 radical (unpaired) electrons. The number of likely N-dealkylation sites (N-methyl/N-ethyl adjacent to an activating group) is 1. The molecule has 2 atom stereocenters. The Kier molecular flexibility index (Phi) is 7.54. The summed E-state index contributed by atoms with van der Waals surface area (Å²) < 4.78 is 0. The normalized spacial score (nSPS) is 17.0. The zero-order chi connectivity index (χ0) is 20.7. The fraction of sp³-hybridized carbons (Fsp3) is 0.500. The molecule has 1 aliphatic heterocycles. The van der Waals surface area contributed by atoms with Crippen molar-refractivity contribution in [3.8, 4) is 0 Å². The molecule has 1 fully saturated rings. The summed E-state index contributed by atoms with van der Waals surface area (Å²) in [7, 11) is 1.68. The Hall–Kier alpha value is -2.90. The van der Waals surface area contributed by atoms with E-state index in [1.54, 1.807) is 18.9 Å². The molecule has 1 aliphatic rings. The highest BCUT2D eigenvalue weighted by Crippen LogP contribution is 2.18. The molecular weight excluding hydrogens is 360 g/mol. The molecule has 1 unspecified atom stereocenters. The molecule has 2 N–H and O–H groups in total. The first-order valence-corrected chi connectivity index (χ1v) is 9.42. The summed E-state index contributed by atoms with van der Waals surface area (Å²) in [5, 5.41) is 5.19. The van der Waals surface area contributed by atoms with Crippen molar-refractivity contribution in [1.82, 2.24) is 20.4 Å². The molecule has 28 heavy (non-hydrogen) atoms. The van der Waals surface area contributed by atoms with E-state index in [-0.39, 0.29) is 30.2 Å². The van der Waals surface area contributed by atoms with Crippen LogP contribution in [0.3, 0.4) is 0 Å². The van der Waals surface area contributed by atoms with Crippen LogP contribution in [0.1, 0.15) is 32.3 Å². The average molecular weight is 388 g/mol. The third kappa shape index (κ3) is 5.80. The molecule has 4 amide bonds. The Labute approximate surface area is 165 Å². The van der Waals surface area contributed by atoms with Crippen molar-refractivity contribution in [3.05, 3.63) is 35.9 Å². The summed E-state index contributed by atoms with van der Waals surface area (Å²) >= 11 is 0. The molecule has 1 saturated heterocycles. The first-order chi connectivity index (χ1) is 13.3. The van der Waals surface area contributed by atoms with Crippen molar-refractivity contribution < 1.29 is 19.2 Å². The molecule has 8 heteroatoms. The molecule has 0 aromatic heterocycles. The van der Waals surface area contributed by atoms with Crippen molar-refractivity contribution in [3.63, 3.8) is 0 Å². The van der Waals surface area contributed by atoms with Crippen molar-refractivity contribution in [2.45, 2.75) is 45.3 Å². The Bertz CT molecular complexity index is 722. The number of amides is 4. The standard InChI is InChI=1S/C20H28N4O4/c1-14(22-15(2)25)20(28)24-11-7-10-17(24)19(27)21-12-18(26)23(3)13-16-8-5-4-6-9-16/h4-6,8-9,14,17H,7,10-13H2,1-3H3,(H,21,27)(H,22,25)/t14-,17?/m0/s1. The van der Waals surface area contributed by atoms with Gasteiger partial charge < -0.3 is 20.4 Å². The monoisotopic (exact) mass is 388 g/mol. The second kappa shape index (κ2) is 9.87. The molecule has 1 heterocycles. The molecule has 0 spiro atoms. The van der Waals surface area contributed by atoms with Gasteiger partial charge >= 0.3 is 0 Å². The van der Waals surface area contributed by atoms with Gasteiger partial charge in [0.15, 0.2) is 0 Å². The van der Waals surface area contributed by atoms with E-state index in [0.29, 0.717) is 25.9 Å². The van der Waals surface area contributed by atoms with Gasteiger partial charge in [-0.2, -0.15) is 0 Å². The lowest BCUT2D eigenvalue weighted by Crippen LogP contribution is -2.53. The summed E-state index contributed by atoms with van der Waals surface area (Å²) in [6, 6.07) is 8.28. The van der Waals surface area contributed by atoms with Gasteiger partial charge in [-0.1, -0.05) is 30.3 Å².